The maximum atomic E-state index is 12.8. The number of nitrogens with zero attached hydrogens (tertiary/aromatic N) is 3. The molecule has 0 saturated carbocycles. The van der Waals surface area contributed by atoms with Gasteiger partial charge in [-0.3, -0.25) is 9.69 Å². The third-order valence-corrected chi connectivity index (χ3v) is 7.82. The Kier molecular flexibility index (Phi) is 7.79. The van der Waals surface area contributed by atoms with Gasteiger partial charge in [-0.05, 0) is 91.7 Å². The van der Waals surface area contributed by atoms with Crippen LogP contribution in [0.15, 0.2) is 79.5 Å². The Morgan fingerprint density at radius 2 is 1.94 bits per heavy atom. The number of hydrogen-bond acceptors (Lipinski definition) is 5. The summed E-state index contributed by atoms with van der Waals surface area (Å²) in [5, 5.41) is 10.4. The molecule has 3 aromatic rings. The highest BCUT2D eigenvalue weighted by Crippen LogP contribution is 2.35. The first kappa shape index (κ1) is 24.6. The number of likely N-dealkylation sites (N-methyl/N-ethyl adjacent to an activating group) is 1. The van der Waals surface area contributed by atoms with E-state index in [1.54, 1.807) is 19.2 Å². The van der Waals surface area contributed by atoms with Crippen molar-refractivity contribution < 1.29 is 9.53 Å². The average Bonchev–Trinajstić information content (AvgIpc) is 3.08. The quantitative estimate of drug-likeness (QED) is 0.278. The number of thioether (sulfide) groups is 1. The van der Waals surface area contributed by atoms with Crippen LogP contribution in [-0.4, -0.2) is 23.0 Å². The van der Waals surface area contributed by atoms with Crippen molar-refractivity contribution in [3.05, 3.63) is 96.2 Å². The molecule has 1 aliphatic heterocycles. The molecule has 0 spiro atoms. The minimum Gasteiger partial charge on any atom is -0.488 e. The predicted molar refractivity (Wildman–Crippen MR) is 144 cm³/mol. The highest BCUT2D eigenvalue weighted by Gasteiger charge is 2.30. The molecule has 1 heterocycles. The normalized spacial score (nSPS) is 15.7. The summed E-state index contributed by atoms with van der Waals surface area (Å²) in [4.78, 5) is 19.4. The zero-order chi connectivity index (χ0) is 24.2. The smallest absolute Gasteiger partial charge is 0.266 e. The molecule has 0 aliphatic carbocycles. The largest absolute Gasteiger partial charge is 0.488 e. The fourth-order valence-electron chi connectivity index (χ4n) is 3.10. The first-order chi connectivity index (χ1) is 16.4. The van der Waals surface area contributed by atoms with Crippen molar-refractivity contribution in [2.45, 2.75) is 6.61 Å². The predicted octanol–water partition coefficient (Wildman–Crippen LogP) is 7.55. The van der Waals surface area contributed by atoms with E-state index in [1.807, 2.05) is 54.6 Å². The third-order valence-electron chi connectivity index (χ3n) is 4.91. The summed E-state index contributed by atoms with van der Waals surface area (Å²) >= 11 is 14.4. The van der Waals surface area contributed by atoms with E-state index in [9.17, 15) is 10.1 Å². The van der Waals surface area contributed by atoms with Crippen LogP contribution in [0.4, 0.5) is 5.69 Å². The van der Waals surface area contributed by atoms with E-state index in [4.69, 9.17) is 16.3 Å². The Morgan fingerprint density at radius 3 is 2.68 bits per heavy atom. The standard InChI is InChI=1S/C25H16Br2ClN3O2S/c1-31-24(32)23(34-25(31)30-18-7-8-19(26)21(28)12-18)11-15-6-9-22(20(27)10-15)33-14-17-5-3-2-4-16(17)13-29/h2-12H,14H2,1H3/b23-11-,30-25?. The summed E-state index contributed by atoms with van der Waals surface area (Å²) < 4.78 is 7.43. The Balaban J connectivity index is 1.50. The number of aliphatic imine (C=N–C) groups is 1. The van der Waals surface area contributed by atoms with Gasteiger partial charge in [0.15, 0.2) is 5.17 Å². The highest BCUT2D eigenvalue weighted by atomic mass is 79.9. The fraction of sp³-hybridized carbons (Fsp3) is 0.0800. The minimum absolute atomic E-state index is 0.128. The average molecular weight is 618 g/mol. The van der Waals surface area contributed by atoms with Crippen molar-refractivity contribution in [1.29, 1.82) is 5.26 Å². The first-order valence-electron chi connectivity index (χ1n) is 9.97. The minimum atomic E-state index is -0.128. The van der Waals surface area contributed by atoms with Crippen LogP contribution in [0.3, 0.4) is 0 Å². The summed E-state index contributed by atoms with van der Waals surface area (Å²) in [6.07, 6.45) is 1.82. The number of rotatable bonds is 5. The molecule has 5 nitrogen and oxygen atoms in total. The molecule has 3 aromatic carbocycles. The second kappa shape index (κ2) is 10.8. The Morgan fingerprint density at radius 1 is 1.15 bits per heavy atom. The van der Waals surface area contributed by atoms with E-state index < -0.39 is 0 Å². The lowest BCUT2D eigenvalue weighted by atomic mass is 10.1. The molecular weight excluding hydrogens is 602 g/mol. The lowest BCUT2D eigenvalue weighted by Crippen LogP contribution is -2.23. The molecule has 0 N–H and O–H groups in total. The number of hydrogen-bond donors (Lipinski definition) is 0. The molecule has 9 heteroatoms. The summed E-state index contributed by atoms with van der Waals surface area (Å²) in [6.45, 7) is 0.280. The van der Waals surface area contributed by atoms with Crippen LogP contribution in [0.2, 0.25) is 5.02 Å². The second-order valence-electron chi connectivity index (χ2n) is 7.22. The van der Waals surface area contributed by atoms with Crippen molar-refractivity contribution in [1.82, 2.24) is 4.90 Å². The van der Waals surface area contributed by atoms with E-state index >= 15 is 0 Å². The lowest BCUT2D eigenvalue weighted by molar-refractivity contribution is -0.121. The lowest BCUT2D eigenvalue weighted by Gasteiger charge is -2.10. The van der Waals surface area contributed by atoms with Crippen molar-refractivity contribution in [2.75, 3.05) is 7.05 Å². The Labute approximate surface area is 223 Å². The van der Waals surface area contributed by atoms with E-state index in [-0.39, 0.29) is 12.5 Å². The number of nitriles is 1. The molecule has 1 saturated heterocycles. The molecular formula is C25H16Br2ClN3O2S. The van der Waals surface area contributed by atoms with Crippen LogP contribution in [0.5, 0.6) is 5.75 Å². The third kappa shape index (κ3) is 5.56. The number of benzene rings is 3. The van der Waals surface area contributed by atoms with Gasteiger partial charge in [0.2, 0.25) is 0 Å². The number of halogens is 3. The second-order valence-corrected chi connectivity index (χ2v) is 10.3. The molecule has 0 bridgehead atoms. The van der Waals surface area contributed by atoms with Crippen molar-refractivity contribution in [2.24, 2.45) is 4.99 Å². The van der Waals surface area contributed by atoms with Crippen LogP contribution in [0.1, 0.15) is 16.7 Å². The summed E-state index contributed by atoms with van der Waals surface area (Å²) in [5.74, 6) is 0.517. The maximum absolute atomic E-state index is 12.8. The highest BCUT2D eigenvalue weighted by molar-refractivity contribution is 9.10. The summed E-state index contributed by atoms with van der Waals surface area (Å²) in [5.41, 5.74) is 2.91. The van der Waals surface area contributed by atoms with E-state index in [1.165, 1.54) is 16.7 Å². The summed E-state index contributed by atoms with van der Waals surface area (Å²) in [6, 6.07) is 20.5. The van der Waals surface area contributed by atoms with Crippen LogP contribution >= 0.6 is 55.2 Å². The van der Waals surface area contributed by atoms with Crippen molar-refractivity contribution >= 4 is 78.1 Å². The fourth-order valence-corrected chi connectivity index (χ4v) is 5.02. The van der Waals surface area contributed by atoms with Gasteiger partial charge in [-0.1, -0.05) is 35.9 Å². The molecule has 0 radical (unpaired) electrons. The van der Waals surface area contributed by atoms with Crippen LogP contribution in [0, 0.1) is 11.3 Å². The molecule has 170 valence electrons. The van der Waals surface area contributed by atoms with Gasteiger partial charge in [-0.25, -0.2) is 4.99 Å². The van der Waals surface area contributed by atoms with E-state index in [0.29, 0.717) is 32.1 Å². The number of carbonyl (C=O) groups is 1. The molecule has 0 unspecified atom stereocenters. The molecule has 1 fully saturated rings. The van der Waals surface area contributed by atoms with Crippen LogP contribution < -0.4 is 4.74 Å². The van der Waals surface area contributed by atoms with Gasteiger partial charge >= 0.3 is 0 Å². The SMILES string of the molecule is CN1C(=O)/C(=C/c2ccc(OCc3ccccc3C#N)c(Br)c2)SC1=Nc1ccc(Br)c(Cl)c1. The Bertz CT molecular complexity index is 1380. The first-order valence-corrected chi connectivity index (χ1v) is 12.8. The van der Waals surface area contributed by atoms with E-state index in [0.717, 1.165) is 20.1 Å². The van der Waals surface area contributed by atoms with Crippen molar-refractivity contribution in [3.63, 3.8) is 0 Å². The van der Waals surface area contributed by atoms with Gasteiger partial charge < -0.3 is 4.74 Å². The van der Waals surface area contributed by atoms with Gasteiger partial charge in [-0.15, -0.1) is 0 Å². The molecule has 0 aromatic heterocycles. The molecule has 1 amide bonds. The van der Waals surface area contributed by atoms with Crippen LogP contribution in [0.25, 0.3) is 6.08 Å². The molecule has 0 atom stereocenters. The van der Waals surface area contributed by atoms with Gasteiger partial charge in [-0.2, -0.15) is 5.26 Å². The zero-order valence-electron chi connectivity index (χ0n) is 17.8. The number of amidine groups is 1. The number of amides is 1. The van der Waals surface area contributed by atoms with Crippen LogP contribution in [-0.2, 0) is 11.4 Å². The topological polar surface area (TPSA) is 65.7 Å². The van der Waals surface area contributed by atoms with E-state index in [2.05, 4.69) is 42.9 Å². The molecule has 1 aliphatic rings. The zero-order valence-corrected chi connectivity index (χ0v) is 22.5. The summed E-state index contributed by atoms with van der Waals surface area (Å²) in [7, 11) is 1.70. The maximum Gasteiger partial charge on any atom is 0.266 e. The molecule has 34 heavy (non-hydrogen) atoms. The Hall–Kier alpha value is -2.57. The molecule has 4 rings (SSSR count). The van der Waals surface area contributed by atoms with Gasteiger partial charge in [0.05, 0.1) is 31.7 Å². The number of carbonyl (C=O) groups excluding carboxylic acids is 1. The van der Waals surface area contributed by atoms with Gasteiger partial charge in [0.1, 0.15) is 12.4 Å². The van der Waals surface area contributed by atoms with Gasteiger partial charge in [0, 0.05) is 17.1 Å². The van der Waals surface area contributed by atoms with Crippen molar-refractivity contribution in [3.8, 4) is 11.8 Å². The monoisotopic (exact) mass is 615 g/mol. The number of ether oxygens (including phenoxy) is 1. The van der Waals surface area contributed by atoms with Gasteiger partial charge in [0.25, 0.3) is 5.91 Å².